The Morgan fingerprint density at radius 1 is 0.833 bits per heavy atom. The van der Waals surface area contributed by atoms with E-state index < -0.39 is 5.97 Å². The molecular weight excluding hydrogens is 531 g/mol. The van der Waals surface area contributed by atoms with Crippen molar-refractivity contribution in [2.45, 2.75) is 58.3 Å². The molecule has 0 radical (unpaired) electrons. The van der Waals surface area contributed by atoms with Crippen LogP contribution in [0.2, 0.25) is 0 Å². The average molecular weight is 573 g/mol. The fourth-order valence-electron chi connectivity index (χ4n) is 5.55. The molecule has 4 rings (SSSR count). The minimum atomic E-state index is -1.04. The molecule has 0 spiro atoms. The van der Waals surface area contributed by atoms with Crippen LogP contribution in [0.4, 0.5) is 5.69 Å². The van der Waals surface area contributed by atoms with Crippen LogP contribution in [0.15, 0.2) is 91.0 Å². The third-order valence-electron chi connectivity index (χ3n) is 7.94. The van der Waals surface area contributed by atoms with Crippen molar-refractivity contribution < 1.29 is 44.3 Å². The van der Waals surface area contributed by atoms with Gasteiger partial charge in [0.15, 0.2) is 5.78 Å². The molecule has 5 nitrogen and oxygen atoms in total. The molecule has 0 saturated heterocycles. The zero-order valence-electron chi connectivity index (χ0n) is 25.3. The molecule has 0 aliphatic rings. The molecule has 3 aromatic carbocycles. The number of hydrogen-bond donors (Lipinski definition) is 1. The number of carbonyl (C=O) groups is 2. The Morgan fingerprint density at radius 2 is 1.45 bits per heavy atom. The Balaban J connectivity index is 0.00000484. The van der Waals surface area contributed by atoms with E-state index in [0.29, 0.717) is 29.9 Å². The summed E-state index contributed by atoms with van der Waals surface area (Å²) in [7, 11) is 1.95. The maximum Gasteiger partial charge on any atom is 1.00 e. The molecule has 1 aromatic heterocycles. The van der Waals surface area contributed by atoms with E-state index in [9.17, 15) is 14.7 Å². The standard InChI is InChI=1S/C36H42N2O3.Na/c1-3-34-33(25-32(38(34)2)18-11-19-35(39)40)36(41)30-16-10-17-31(24-30)37-26-29(22-20-27-12-6-4-7-13-27)23-21-28-14-8-5-9-15-28;/h4-10,12-17,24-25,29,37H,3,11,18-23,26H2,1-2H3,(H,39,40);/q;+1/p-1. The number of ketones is 1. The molecule has 0 aliphatic carbocycles. The number of carboxylic acid groups (broad SMARTS) is 1. The SMILES string of the molecule is CCc1c(C(=O)c2cccc(NCC(CCc3ccccc3)CCc3ccccc3)c2)cc(CCCC(=O)[O-])n1C.[Na+]. The van der Waals surface area contributed by atoms with Crippen molar-refractivity contribution in [3.05, 3.63) is 125 Å². The number of nitrogens with one attached hydrogen (secondary N) is 1. The predicted octanol–water partition coefficient (Wildman–Crippen LogP) is 3.19. The van der Waals surface area contributed by atoms with Crippen molar-refractivity contribution in [2.24, 2.45) is 13.0 Å². The van der Waals surface area contributed by atoms with E-state index >= 15 is 0 Å². The van der Waals surface area contributed by atoms with Gasteiger partial charge in [-0.3, -0.25) is 4.79 Å². The topological polar surface area (TPSA) is 74.2 Å². The summed E-state index contributed by atoms with van der Waals surface area (Å²) < 4.78 is 2.04. The van der Waals surface area contributed by atoms with Crippen LogP contribution < -0.4 is 40.0 Å². The monoisotopic (exact) mass is 572 g/mol. The Morgan fingerprint density at radius 3 is 2.02 bits per heavy atom. The number of anilines is 1. The van der Waals surface area contributed by atoms with E-state index in [1.807, 2.05) is 48.9 Å². The quantitative estimate of drug-likeness (QED) is 0.165. The van der Waals surface area contributed by atoms with Crippen LogP contribution in [0.25, 0.3) is 0 Å². The van der Waals surface area contributed by atoms with Crippen LogP contribution >= 0.6 is 0 Å². The number of aryl methyl sites for hydroxylation is 3. The summed E-state index contributed by atoms with van der Waals surface area (Å²) >= 11 is 0. The van der Waals surface area contributed by atoms with Crippen LogP contribution in [0, 0.1) is 5.92 Å². The minimum Gasteiger partial charge on any atom is -0.550 e. The second kappa shape index (κ2) is 17.1. The Kier molecular flexibility index (Phi) is 13.6. The first-order valence-electron chi connectivity index (χ1n) is 14.8. The number of rotatable bonds is 16. The molecule has 42 heavy (non-hydrogen) atoms. The van der Waals surface area contributed by atoms with Crippen molar-refractivity contribution in [3.8, 4) is 0 Å². The first kappa shape index (κ1) is 33.4. The summed E-state index contributed by atoms with van der Waals surface area (Å²) in [5.74, 6) is -0.561. The Labute approximate surface area is 272 Å². The fraction of sp³-hybridized carbons (Fsp3) is 0.333. The van der Waals surface area contributed by atoms with Crippen molar-refractivity contribution in [3.63, 3.8) is 0 Å². The van der Waals surface area contributed by atoms with Crippen LogP contribution in [0.3, 0.4) is 0 Å². The van der Waals surface area contributed by atoms with E-state index in [2.05, 4.69) is 66.0 Å². The van der Waals surface area contributed by atoms with Crippen molar-refractivity contribution in [1.82, 2.24) is 4.57 Å². The first-order chi connectivity index (χ1) is 19.9. The fourth-order valence-corrected chi connectivity index (χ4v) is 5.55. The van der Waals surface area contributed by atoms with Gasteiger partial charge in [-0.25, -0.2) is 0 Å². The van der Waals surface area contributed by atoms with E-state index in [1.165, 1.54) is 11.1 Å². The van der Waals surface area contributed by atoms with Gasteiger partial charge in [0, 0.05) is 47.8 Å². The molecular formula is C36H41N2NaO3. The van der Waals surface area contributed by atoms with E-state index in [4.69, 9.17) is 0 Å². The van der Waals surface area contributed by atoms with Crippen molar-refractivity contribution in [2.75, 3.05) is 11.9 Å². The molecule has 1 heterocycles. The van der Waals surface area contributed by atoms with Crippen LogP contribution in [-0.4, -0.2) is 22.9 Å². The van der Waals surface area contributed by atoms with Crippen LogP contribution in [0.1, 0.15) is 71.0 Å². The largest absolute Gasteiger partial charge is 1.00 e. The zero-order chi connectivity index (χ0) is 29.0. The number of aliphatic carboxylic acids is 1. The molecule has 214 valence electrons. The van der Waals surface area contributed by atoms with Gasteiger partial charge in [-0.05, 0) is 86.6 Å². The molecule has 1 N–H and O–H groups in total. The van der Waals surface area contributed by atoms with Gasteiger partial charge in [-0.2, -0.15) is 0 Å². The second-order valence-electron chi connectivity index (χ2n) is 10.8. The van der Waals surface area contributed by atoms with Gasteiger partial charge < -0.3 is 19.8 Å². The number of nitrogens with zero attached hydrogens (tertiary/aromatic N) is 1. The summed E-state index contributed by atoms with van der Waals surface area (Å²) in [4.78, 5) is 24.5. The first-order valence-corrected chi connectivity index (χ1v) is 14.8. The smallest absolute Gasteiger partial charge is 0.550 e. The average Bonchev–Trinajstić information content (AvgIpc) is 3.32. The van der Waals surface area contributed by atoms with E-state index in [-0.39, 0.29) is 41.8 Å². The molecule has 0 saturated carbocycles. The molecule has 6 heteroatoms. The molecule has 0 fully saturated rings. The second-order valence-corrected chi connectivity index (χ2v) is 10.8. The third-order valence-corrected chi connectivity index (χ3v) is 7.94. The van der Waals surface area contributed by atoms with Gasteiger partial charge in [0.1, 0.15) is 0 Å². The summed E-state index contributed by atoms with van der Waals surface area (Å²) in [6.45, 7) is 2.88. The molecule has 0 amide bonds. The number of aromatic nitrogens is 1. The maximum absolute atomic E-state index is 13.6. The molecule has 0 bridgehead atoms. The summed E-state index contributed by atoms with van der Waals surface area (Å²) in [6.07, 6.45) is 6.09. The van der Waals surface area contributed by atoms with Gasteiger partial charge in [0.05, 0.1) is 0 Å². The molecule has 0 unspecified atom stereocenters. The van der Waals surface area contributed by atoms with E-state index in [1.54, 1.807) is 0 Å². The predicted molar refractivity (Wildman–Crippen MR) is 164 cm³/mol. The Hall–Kier alpha value is -3.12. The summed E-state index contributed by atoms with van der Waals surface area (Å²) in [6, 6.07) is 31.0. The number of hydrogen-bond acceptors (Lipinski definition) is 4. The Bertz CT molecular complexity index is 1370. The molecule has 0 atom stereocenters. The van der Waals surface area contributed by atoms with Gasteiger partial charge >= 0.3 is 29.6 Å². The summed E-state index contributed by atoms with van der Waals surface area (Å²) in [5.41, 5.74) is 6.96. The van der Waals surface area contributed by atoms with Crippen LogP contribution in [-0.2, 0) is 37.5 Å². The van der Waals surface area contributed by atoms with Gasteiger partial charge in [0.25, 0.3) is 0 Å². The number of benzene rings is 3. The summed E-state index contributed by atoms with van der Waals surface area (Å²) in [5, 5.41) is 14.5. The van der Waals surface area contributed by atoms with Gasteiger partial charge in [-0.15, -0.1) is 0 Å². The van der Waals surface area contributed by atoms with Crippen LogP contribution in [0.5, 0.6) is 0 Å². The van der Waals surface area contributed by atoms with E-state index in [0.717, 1.165) is 55.7 Å². The normalized spacial score (nSPS) is 10.8. The molecule has 4 aromatic rings. The number of carboxylic acids is 1. The third kappa shape index (κ3) is 9.72. The zero-order valence-corrected chi connectivity index (χ0v) is 27.3. The maximum atomic E-state index is 13.6. The van der Waals surface area contributed by atoms with Gasteiger partial charge in [0.2, 0.25) is 0 Å². The van der Waals surface area contributed by atoms with Gasteiger partial charge in [-0.1, -0.05) is 79.7 Å². The number of carbonyl (C=O) groups excluding carboxylic acids is 2. The minimum absolute atomic E-state index is 0. The molecule has 0 aliphatic heterocycles. The van der Waals surface area contributed by atoms with Crippen molar-refractivity contribution in [1.29, 1.82) is 0 Å². The van der Waals surface area contributed by atoms with Crippen molar-refractivity contribution >= 4 is 17.4 Å².